The topological polar surface area (TPSA) is 81.1 Å². The predicted octanol–water partition coefficient (Wildman–Crippen LogP) is 3.80. The molecule has 0 amide bonds. The molecule has 3 aromatic carbocycles. The molecular formula is C22H19N3O3S. The Morgan fingerprint density at radius 2 is 1.62 bits per heavy atom. The third-order valence-electron chi connectivity index (χ3n) is 4.63. The predicted molar refractivity (Wildman–Crippen MR) is 114 cm³/mol. The lowest BCUT2D eigenvalue weighted by atomic mass is 10.2. The molecule has 0 saturated heterocycles. The van der Waals surface area contributed by atoms with Gasteiger partial charge < -0.3 is 0 Å². The van der Waals surface area contributed by atoms with E-state index in [1.807, 2.05) is 13.0 Å². The Morgan fingerprint density at radius 3 is 2.38 bits per heavy atom. The van der Waals surface area contributed by atoms with Crippen molar-refractivity contribution >= 4 is 26.6 Å². The number of para-hydroxylation sites is 1. The van der Waals surface area contributed by atoms with Gasteiger partial charge in [0.25, 0.3) is 15.6 Å². The van der Waals surface area contributed by atoms with Gasteiger partial charge in [0.1, 0.15) is 5.82 Å². The van der Waals surface area contributed by atoms with Crippen molar-refractivity contribution in [1.82, 2.24) is 9.55 Å². The van der Waals surface area contributed by atoms with Gasteiger partial charge in [-0.3, -0.25) is 14.1 Å². The third kappa shape index (κ3) is 3.64. The zero-order valence-corrected chi connectivity index (χ0v) is 16.8. The summed E-state index contributed by atoms with van der Waals surface area (Å²) < 4.78 is 29.4. The van der Waals surface area contributed by atoms with Crippen LogP contribution < -0.4 is 10.3 Å². The number of nitrogens with zero attached hydrogens (tertiary/aromatic N) is 2. The maximum absolute atomic E-state index is 13.0. The highest BCUT2D eigenvalue weighted by molar-refractivity contribution is 7.92. The number of rotatable bonds is 4. The van der Waals surface area contributed by atoms with E-state index in [0.717, 1.165) is 5.56 Å². The van der Waals surface area contributed by atoms with Crippen molar-refractivity contribution < 1.29 is 8.42 Å². The van der Waals surface area contributed by atoms with E-state index in [1.165, 1.54) is 4.57 Å². The SMILES string of the molecule is Cc1ccc(S(=O)(=O)Nc2cccc(-n3c(C)nc4ccccc4c3=O)c2)cc1. The first-order valence-electron chi connectivity index (χ1n) is 9.03. The minimum atomic E-state index is -3.74. The molecule has 0 fully saturated rings. The van der Waals surface area contributed by atoms with Crippen molar-refractivity contribution in [2.75, 3.05) is 4.72 Å². The summed E-state index contributed by atoms with van der Waals surface area (Å²) in [6.07, 6.45) is 0. The van der Waals surface area contributed by atoms with E-state index in [2.05, 4.69) is 9.71 Å². The maximum atomic E-state index is 13.0. The Bertz CT molecular complexity index is 1370. The molecule has 0 unspecified atom stereocenters. The average Bonchev–Trinajstić information content (AvgIpc) is 2.68. The normalized spacial score (nSPS) is 11.5. The molecule has 4 aromatic rings. The minimum Gasteiger partial charge on any atom is -0.280 e. The molecule has 4 rings (SSSR count). The summed E-state index contributed by atoms with van der Waals surface area (Å²) in [6, 6.07) is 20.5. The fourth-order valence-corrected chi connectivity index (χ4v) is 4.24. The second-order valence-electron chi connectivity index (χ2n) is 6.79. The molecular weight excluding hydrogens is 386 g/mol. The van der Waals surface area contributed by atoms with Gasteiger partial charge in [0.05, 0.1) is 27.2 Å². The first kappa shape index (κ1) is 18.9. The van der Waals surface area contributed by atoms with Gasteiger partial charge in [-0.25, -0.2) is 13.4 Å². The Hall–Kier alpha value is -3.45. The molecule has 0 radical (unpaired) electrons. The Morgan fingerprint density at radius 1 is 0.897 bits per heavy atom. The molecule has 0 spiro atoms. The molecule has 146 valence electrons. The molecule has 0 atom stereocenters. The standard InChI is InChI=1S/C22H19N3O3S/c1-15-10-12-19(13-11-15)29(27,28)24-17-6-5-7-18(14-17)25-16(2)23-21-9-4-3-8-20(21)22(25)26/h3-14,24H,1-2H3. The quantitative estimate of drug-likeness (QED) is 0.560. The largest absolute Gasteiger partial charge is 0.280 e. The number of hydrogen-bond acceptors (Lipinski definition) is 4. The molecule has 0 aliphatic carbocycles. The van der Waals surface area contributed by atoms with Crippen LogP contribution in [0.3, 0.4) is 0 Å². The number of benzene rings is 3. The van der Waals surface area contributed by atoms with E-state index in [1.54, 1.807) is 73.7 Å². The molecule has 0 bridgehead atoms. The van der Waals surface area contributed by atoms with Crippen LogP contribution in [0.15, 0.2) is 82.5 Å². The van der Waals surface area contributed by atoms with Gasteiger partial charge in [-0.1, -0.05) is 35.9 Å². The van der Waals surface area contributed by atoms with Crippen LogP contribution >= 0.6 is 0 Å². The van der Waals surface area contributed by atoms with E-state index < -0.39 is 10.0 Å². The van der Waals surface area contributed by atoms with Crippen molar-refractivity contribution in [2.45, 2.75) is 18.7 Å². The molecule has 7 heteroatoms. The number of aryl methyl sites for hydroxylation is 2. The van der Waals surface area contributed by atoms with E-state index >= 15 is 0 Å². The summed E-state index contributed by atoms with van der Waals surface area (Å²) in [5, 5.41) is 0.503. The number of sulfonamides is 1. The number of hydrogen-bond donors (Lipinski definition) is 1. The first-order chi connectivity index (χ1) is 13.8. The summed E-state index contributed by atoms with van der Waals surface area (Å²) in [5.74, 6) is 0.521. The third-order valence-corrected chi connectivity index (χ3v) is 6.03. The van der Waals surface area contributed by atoms with Crippen LogP contribution in [-0.2, 0) is 10.0 Å². The smallest absolute Gasteiger partial charge is 0.265 e. The Kier molecular flexibility index (Phi) is 4.68. The zero-order valence-electron chi connectivity index (χ0n) is 16.0. The number of anilines is 1. The number of aromatic nitrogens is 2. The van der Waals surface area contributed by atoms with Crippen LogP contribution in [0, 0.1) is 13.8 Å². The lowest BCUT2D eigenvalue weighted by Gasteiger charge is -2.13. The van der Waals surface area contributed by atoms with Crippen LogP contribution in [0.1, 0.15) is 11.4 Å². The molecule has 29 heavy (non-hydrogen) atoms. The summed E-state index contributed by atoms with van der Waals surface area (Å²) in [5.41, 5.74) is 2.30. The molecule has 1 aromatic heterocycles. The summed E-state index contributed by atoms with van der Waals surface area (Å²) in [7, 11) is -3.74. The van der Waals surface area contributed by atoms with E-state index in [4.69, 9.17) is 0 Å². The van der Waals surface area contributed by atoms with Gasteiger partial charge >= 0.3 is 0 Å². The van der Waals surface area contributed by atoms with Crippen molar-refractivity contribution in [3.63, 3.8) is 0 Å². The summed E-state index contributed by atoms with van der Waals surface area (Å²) in [4.78, 5) is 17.7. The fraction of sp³-hybridized carbons (Fsp3) is 0.0909. The Labute approximate surface area is 168 Å². The molecule has 0 saturated carbocycles. The molecule has 1 heterocycles. The summed E-state index contributed by atoms with van der Waals surface area (Å²) in [6.45, 7) is 3.64. The lowest BCUT2D eigenvalue weighted by Crippen LogP contribution is -2.22. The van der Waals surface area contributed by atoms with Gasteiger partial charge in [-0.05, 0) is 56.3 Å². The second kappa shape index (κ2) is 7.18. The van der Waals surface area contributed by atoms with Crippen molar-refractivity contribution in [3.8, 4) is 5.69 Å². The highest BCUT2D eigenvalue weighted by Gasteiger charge is 2.15. The van der Waals surface area contributed by atoms with Crippen LogP contribution in [-0.4, -0.2) is 18.0 Å². The van der Waals surface area contributed by atoms with Crippen molar-refractivity contribution in [1.29, 1.82) is 0 Å². The van der Waals surface area contributed by atoms with Crippen LogP contribution in [0.4, 0.5) is 5.69 Å². The highest BCUT2D eigenvalue weighted by atomic mass is 32.2. The van der Waals surface area contributed by atoms with E-state index in [-0.39, 0.29) is 10.5 Å². The van der Waals surface area contributed by atoms with Gasteiger partial charge in [0.15, 0.2) is 0 Å². The monoisotopic (exact) mass is 405 g/mol. The van der Waals surface area contributed by atoms with Crippen LogP contribution in [0.25, 0.3) is 16.6 Å². The first-order valence-corrected chi connectivity index (χ1v) is 10.5. The van der Waals surface area contributed by atoms with Crippen molar-refractivity contribution in [3.05, 3.63) is 94.5 Å². The molecule has 0 aliphatic rings. The second-order valence-corrected chi connectivity index (χ2v) is 8.47. The fourth-order valence-electron chi connectivity index (χ4n) is 3.19. The van der Waals surface area contributed by atoms with Gasteiger partial charge in [0.2, 0.25) is 0 Å². The molecule has 6 nitrogen and oxygen atoms in total. The van der Waals surface area contributed by atoms with Crippen LogP contribution in [0.5, 0.6) is 0 Å². The number of nitrogens with one attached hydrogen (secondary N) is 1. The zero-order chi connectivity index (χ0) is 20.6. The van der Waals surface area contributed by atoms with Crippen molar-refractivity contribution in [2.24, 2.45) is 0 Å². The van der Waals surface area contributed by atoms with Crippen LogP contribution in [0.2, 0.25) is 0 Å². The highest BCUT2D eigenvalue weighted by Crippen LogP contribution is 2.20. The minimum absolute atomic E-state index is 0.175. The Balaban J connectivity index is 1.76. The van der Waals surface area contributed by atoms with Gasteiger partial charge in [-0.2, -0.15) is 0 Å². The average molecular weight is 405 g/mol. The lowest BCUT2D eigenvalue weighted by molar-refractivity contribution is 0.601. The van der Waals surface area contributed by atoms with E-state index in [0.29, 0.717) is 28.1 Å². The molecule has 0 aliphatic heterocycles. The van der Waals surface area contributed by atoms with Gasteiger partial charge in [0, 0.05) is 0 Å². The van der Waals surface area contributed by atoms with Gasteiger partial charge in [-0.15, -0.1) is 0 Å². The summed E-state index contributed by atoms with van der Waals surface area (Å²) >= 11 is 0. The van der Waals surface area contributed by atoms with E-state index in [9.17, 15) is 13.2 Å². The maximum Gasteiger partial charge on any atom is 0.265 e. The number of fused-ring (bicyclic) bond motifs is 1. The molecule has 1 N–H and O–H groups in total.